The van der Waals surface area contributed by atoms with Crippen LogP contribution in [0.25, 0.3) is 0 Å². The largest absolute Gasteiger partial charge is 0.406 e. The van der Waals surface area contributed by atoms with E-state index in [1.807, 2.05) is 0 Å². The molecular formula is C18H16B2N4. The molecular weight excluding hydrogens is 294 g/mol. The van der Waals surface area contributed by atoms with Gasteiger partial charge in [0.25, 0.3) is 0 Å². The molecule has 24 heavy (non-hydrogen) atoms. The molecule has 0 unspecified atom stereocenters. The van der Waals surface area contributed by atoms with E-state index in [9.17, 15) is 0 Å². The topological polar surface area (TPSA) is 48.1 Å². The van der Waals surface area contributed by atoms with Gasteiger partial charge in [0.1, 0.15) is 0 Å². The summed E-state index contributed by atoms with van der Waals surface area (Å²) in [5, 5.41) is 14.1. The van der Waals surface area contributed by atoms with Gasteiger partial charge < -0.3 is 20.9 Å². The number of rotatable bonds is 2. The van der Waals surface area contributed by atoms with E-state index in [4.69, 9.17) is 0 Å². The zero-order valence-corrected chi connectivity index (χ0v) is 13.1. The minimum atomic E-state index is 0.103. The van der Waals surface area contributed by atoms with Crippen molar-refractivity contribution >= 4 is 47.6 Å². The van der Waals surface area contributed by atoms with Gasteiger partial charge in [0.2, 0.25) is 0 Å². The molecule has 3 aromatic carbocycles. The van der Waals surface area contributed by atoms with Crippen LogP contribution in [-0.4, -0.2) is 14.0 Å². The summed E-state index contributed by atoms with van der Waals surface area (Å²) in [5.74, 6) is 0. The predicted molar refractivity (Wildman–Crippen MR) is 105 cm³/mol. The summed E-state index contributed by atoms with van der Waals surface area (Å²) in [6.07, 6.45) is 0. The van der Waals surface area contributed by atoms with Gasteiger partial charge >= 0.3 is 14.0 Å². The lowest BCUT2D eigenvalue weighted by Gasteiger charge is -2.12. The van der Waals surface area contributed by atoms with E-state index in [1.165, 1.54) is 10.9 Å². The number of hydrogen-bond donors (Lipinski definition) is 4. The Kier molecular flexibility index (Phi) is 2.95. The molecule has 0 bridgehead atoms. The van der Waals surface area contributed by atoms with Gasteiger partial charge in [-0.05, 0) is 35.2 Å². The average Bonchev–Trinajstić information content (AvgIpc) is 3.26. The number of hydrogen-bond acceptors (Lipinski definition) is 4. The molecule has 0 spiro atoms. The van der Waals surface area contributed by atoms with Crippen LogP contribution in [0.3, 0.4) is 0 Å². The van der Waals surface area contributed by atoms with Gasteiger partial charge in [-0.1, -0.05) is 48.5 Å². The highest BCUT2D eigenvalue weighted by Crippen LogP contribution is 2.27. The maximum absolute atomic E-state index is 3.53. The molecule has 6 heteroatoms. The van der Waals surface area contributed by atoms with Crippen molar-refractivity contribution in [2.45, 2.75) is 0 Å². The highest BCUT2D eigenvalue weighted by atomic mass is 15.1. The van der Waals surface area contributed by atoms with Crippen LogP contribution in [0.15, 0.2) is 72.8 Å². The Hall–Kier alpha value is -3.01. The minimum Gasteiger partial charge on any atom is -0.404 e. The highest BCUT2D eigenvalue weighted by molar-refractivity contribution is 6.83. The SMILES string of the molecule is c1cc(B2Nc3ccccc3N2)cc(B2Nc3ccccc3N2)c1. The molecule has 3 aromatic rings. The second-order valence-electron chi connectivity index (χ2n) is 6.20. The molecule has 0 fully saturated rings. The third kappa shape index (κ3) is 2.19. The average molecular weight is 310 g/mol. The number of anilines is 4. The maximum atomic E-state index is 3.53. The monoisotopic (exact) mass is 310 g/mol. The third-order valence-corrected chi connectivity index (χ3v) is 4.63. The Morgan fingerprint density at radius 3 is 1.21 bits per heavy atom. The fourth-order valence-corrected chi connectivity index (χ4v) is 3.42. The molecule has 2 heterocycles. The van der Waals surface area contributed by atoms with Crippen molar-refractivity contribution in [2.24, 2.45) is 0 Å². The normalized spacial score (nSPS) is 14.2. The first-order chi connectivity index (χ1) is 11.9. The number of fused-ring (bicyclic) bond motifs is 2. The molecule has 114 valence electrons. The summed E-state index contributed by atoms with van der Waals surface area (Å²) in [6.45, 7) is 0.206. The summed E-state index contributed by atoms with van der Waals surface area (Å²) in [7, 11) is 0. The summed E-state index contributed by atoms with van der Waals surface area (Å²) in [5.41, 5.74) is 7.05. The van der Waals surface area contributed by atoms with Gasteiger partial charge in [0.15, 0.2) is 0 Å². The van der Waals surface area contributed by atoms with Crippen LogP contribution in [0, 0.1) is 0 Å². The molecule has 0 saturated heterocycles. The number of para-hydroxylation sites is 4. The molecule has 2 aliphatic rings. The highest BCUT2D eigenvalue weighted by Gasteiger charge is 2.30. The lowest BCUT2D eigenvalue weighted by molar-refractivity contribution is 1.70. The zero-order valence-electron chi connectivity index (χ0n) is 13.1. The Morgan fingerprint density at radius 2 is 0.833 bits per heavy atom. The van der Waals surface area contributed by atoms with Crippen molar-refractivity contribution in [3.05, 3.63) is 72.8 Å². The summed E-state index contributed by atoms with van der Waals surface area (Å²) >= 11 is 0. The van der Waals surface area contributed by atoms with Crippen LogP contribution in [0.1, 0.15) is 0 Å². The van der Waals surface area contributed by atoms with E-state index in [1.54, 1.807) is 0 Å². The minimum absolute atomic E-state index is 0.103. The first kappa shape index (κ1) is 13.4. The quantitative estimate of drug-likeness (QED) is 0.548. The van der Waals surface area contributed by atoms with Crippen molar-refractivity contribution in [3.63, 3.8) is 0 Å². The van der Waals surface area contributed by atoms with Crippen molar-refractivity contribution in [2.75, 3.05) is 20.9 Å². The maximum Gasteiger partial charge on any atom is 0.406 e. The van der Waals surface area contributed by atoms with Crippen molar-refractivity contribution in [1.29, 1.82) is 0 Å². The Bertz CT molecular complexity index is 794. The van der Waals surface area contributed by atoms with E-state index >= 15 is 0 Å². The molecule has 0 atom stereocenters. The van der Waals surface area contributed by atoms with Crippen LogP contribution in [0.5, 0.6) is 0 Å². The zero-order chi connectivity index (χ0) is 15.9. The fourth-order valence-electron chi connectivity index (χ4n) is 3.42. The fraction of sp³-hybridized carbons (Fsp3) is 0. The molecule has 0 amide bonds. The van der Waals surface area contributed by atoms with Crippen LogP contribution < -0.4 is 31.8 Å². The third-order valence-electron chi connectivity index (χ3n) is 4.63. The molecule has 2 aliphatic heterocycles. The van der Waals surface area contributed by atoms with Crippen LogP contribution in [0.4, 0.5) is 22.7 Å². The van der Waals surface area contributed by atoms with Gasteiger partial charge in [-0.25, -0.2) is 0 Å². The second kappa shape index (κ2) is 5.27. The summed E-state index contributed by atoms with van der Waals surface area (Å²) in [4.78, 5) is 0. The lowest BCUT2D eigenvalue weighted by atomic mass is 9.63. The Labute approximate surface area is 141 Å². The van der Waals surface area contributed by atoms with Crippen molar-refractivity contribution in [1.82, 2.24) is 0 Å². The van der Waals surface area contributed by atoms with Gasteiger partial charge in [-0.3, -0.25) is 0 Å². The molecule has 4 nitrogen and oxygen atoms in total. The van der Waals surface area contributed by atoms with E-state index in [0.29, 0.717) is 0 Å². The van der Waals surface area contributed by atoms with E-state index in [2.05, 4.69) is 93.7 Å². The first-order valence-corrected chi connectivity index (χ1v) is 8.21. The predicted octanol–water partition coefficient (Wildman–Crippen LogP) is 2.15. The molecule has 0 aromatic heterocycles. The van der Waals surface area contributed by atoms with Crippen molar-refractivity contribution in [3.8, 4) is 0 Å². The number of nitrogens with one attached hydrogen (secondary N) is 4. The van der Waals surface area contributed by atoms with Crippen molar-refractivity contribution < 1.29 is 0 Å². The van der Waals surface area contributed by atoms with E-state index in [-0.39, 0.29) is 14.0 Å². The first-order valence-electron chi connectivity index (χ1n) is 8.21. The van der Waals surface area contributed by atoms with Crippen LogP contribution in [0.2, 0.25) is 0 Å². The van der Waals surface area contributed by atoms with Crippen LogP contribution in [-0.2, 0) is 0 Å². The molecule has 0 radical (unpaired) electrons. The van der Waals surface area contributed by atoms with E-state index < -0.39 is 0 Å². The Morgan fingerprint density at radius 1 is 0.458 bits per heavy atom. The van der Waals surface area contributed by atoms with Gasteiger partial charge in [-0.15, -0.1) is 0 Å². The smallest absolute Gasteiger partial charge is 0.404 e. The van der Waals surface area contributed by atoms with Gasteiger partial charge in [0.05, 0.1) is 0 Å². The number of benzene rings is 3. The molecule has 0 aliphatic carbocycles. The van der Waals surface area contributed by atoms with Gasteiger partial charge in [0, 0.05) is 22.7 Å². The molecule has 4 N–H and O–H groups in total. The summed E-state index contributed by atoms with van der Waals surface area (Å²) in [6, 6.07) is 25.3. The van der Waals surface area contributed by atoms with Crippen LogP contribution >= 0.6 is 0 Å². The van der Waals surface area contributed by atoms with Gasteiger partial charge in [-0.2, -0.15) is 0 Å². The lowest BCUT2D eigenvalue weighted by Crippen LogP contribution is -2.48. The standard InChI is InChI=1S/C18H16B2N4/c1-2-9-16-15(8-1)21-19(22-16)13-6-5-7-14(12-13)20-23-17-10-3-4-11-18(17)24-20/h1-12,21-24H. The summed E-state index contributed by atoms with van der Waals surface area (Å²) < 4.78 is 0. The molecule has 5 rings (SSSR count). The Balaban J connectivity index is 1.40. The molecule has 0 saturated carbocycles. The second-order valence-corrected chi connectivity index (χ2v) is 6.20. The van der Waals surface area contributed by atoms with E-state index in [0.717, 1.165) is 22.7 Å².